The number of piperidine rings is 1. The van der Waals surface area contributed by atoms with Crippen molar-refractivity contribution in [2.75, 3.05) is 13.1 Å². The monoisotopic (exact) mass is 390 g/mol. The van der Waals surface area contributed by atoms with E-state index in [1.165, 1.54) is 0 Å². The van der Waals surface area contributed by atoms with Crippen molar-refractivity contribution in [3.63, 3.8) is 0 Å². The normalized spacial score (nSPS) is 14.1. The van der Waals surface area contributed by atoms with Crippen molar-refractivity contribution < 1.29 is 9.53 Å². The van der Waals surface area contributed by atoms with Crippen molar-refractivity contribution in [3.8, 4) is 6.01 Å². The Morgan fingerprint density at radius 2 is 1.93 bits per heavy atom. The molecule has 146 valence electrons. The molecular formula is C20H27ClN4O2. The fourth-order valence-corrected chi connectivity index (χ4v) is 3.05. The summed E-state index contributed by atoms with van der Waals surface area (Å²) in [5.74, 6) is 0. The molecule has 2 heterocycles. The maximum absolute atomic E-state index is 12.3. The summed E-state index contributed by atoms with van der Waals surface area (Å²) in [5, 5.41) is 3.61. The highest BCUT2D eigenvalue weighted by Crippen LogP contribution is 2.18. The van der Waals surface area contributed by atoms with Crippen LogP contribution in [-0.2, 0) is 6.54 Å². The second kappa shape index (κ2) is 10.7. The molecule has 6 nitrogen and oxygen atoms in total. The average Bonchev–Trinajstić information content (AvgIpc) is 2.70. The fourth-order valence-electron chi connectivity index (χ4n) is 2.75. The Morgan fingerprint density at radius 1 is 1.26 bits per heavy atom. The van der Waals surface area contributed by atoms with Crippen LogP contribution in [0.5, 0.6) is 6.01 Å². The summed E-state index contributed by atoms with van der Waals surface area (Å²) in [7, 11) is 0. The molecule has 1 N–H and O–H groups in total. The molecule has 2 aromatic rings. The van der Waals surface area contributed by atoms with Gasteiger partial charge in [0.1, 0.15) is 6.10 Å². The predicted molar refractivity (Wildman–Crippen MR) is 107 cm³/mol. The van der Waals surface area contributed by atoms with Gasteiger partial charge in [-0.2, -0.15) is 0 Å². The Balaban J connectivity index is 0.00000126. The lowest BCUT2D eigenvalue weighted by Gasteiger charge is -2.31. The summed E-state index contributed by atoms with van der Waals surface area (Å²) in [4.78, 5) is 22.3. The summed E-state index contributed by atoms with van der Waals surface area (Å²) in [6, 6.07) is 7.89. The highest BCUT2D eigenvalue weighted by Gasteiger charge is 2.24. The van der Waals surface area contributed by atoms with Gasteiger partial charge in [-0.15, -0.1) is 0 Å². The number of carbonyl (C=O) groups is 1. The number of nitrogens with one attached hydrogen (secondary N) is 1. The first-order chi connectivity index (χ1) is 13.1. The fraction of sp³-hybridized carbons (Fsp3) is 0.450. The Morgan fingerprint density at radius 3 is 2.56 bits per heavy atom. The molecule has 27 heavy (non-hydrogen) atoms. The van der Waals surface area contributed by atoms with Crippen molar-refractivity contribution in [1.82, 2.24) is 20.2 Å². The van der Waals surface area contributed by atoms with Crippen molar-refractivity contribution in [1.29, 1.82) is 0 Å². The number of aromatic nitrogens is 2. The Bertz CT molecular complexity index is 719. The van der Waals surface area contributed by atoms with Crippen LogP contribution < -0.4 is 10.1 Å². The van der Waals surface area contributed by atoms with E-state index in [0.29, 0.717) is 30.7 Å². The Labute approximate surface area is 165 Å². The smallest absolute Gasteiger partial charge is 0.317 e. The maximum Gasteiger partial charge on any atom is 0.317 e. The molecule has 0 unspecified atom stereocenters. The number of likely N-dealkylation sites (tertiary alicyclic amines) is 1. The SMILES string of the molecule is CC.Cc1ccc(CNC(=O)N2CCC(Oc3ncccn3)CC2)c(Cl)c1. The second-order valence-electron chi connectivity index (χ2n) is 6.09. The summed E-state index contributed by atoms with van der Waals surface area (Å²) < 4.78 is 5.74. The summed E-state index contributed by atoms with van der Waals surface area (Å²) in [5.41, 5.74) is 2.02. The zero-order valence-corrected chi connectivity index (χ0v) is 16.9. The van der Waals surface area contributed by atoms with Gasteiger partial charge < -0.3 is 15.0 Å². The van der Waals surface area contributed by atoms with E-state index in [1.807, 2.05) is 39.0 Å². The molecule has 2 amide bonds. The molecule has 0 spiro atoms. The number of hydrogen-bond acceptors (Lipinski definition) is 4. The summed E-state index contributed by atoms with van der Waals surface area (Å²) in [6.45, 7) is 7.70. The van der Waals surface area contributed by atoms with Gasteiger partial charge >= 0.3 is 12.0 Å². The van der Waals surface area contributed by atoms with Crippen LogP contribution in [0.3, 0.4) is 0 Å². The number of benzene rings is 1. The quantitative estimate of drug-likeness (QED) is 0.848. The average molecular weight is 391 g/mol. The van der Waals surface area contributed by atoms with E-state index in [-0.39, 0.29) is 12.1 Å². The Hall–Kier alpha value is -2.34. The van der Waals surface area contributed by atoms with Gasteiger partial charge in [0.15, 0.2) is 0 Å². The van der Waals surface area contributed by atoms with Crippen LogP contribution in [0.25, 0.3) is 0 Å². The third-order valence-electron chi connectivity index (χ3n) is 4.18. The number of urea groups is 1. The minimum atomic E-state index is -0.0777. The van der Waals surface area contributed by atoms with Crippen molar-refractivity contribution in [2.45, 2.75) is 46.3 Å². The first kappa shape index (κ1) is 21.0. The van der Waals surface area contributed by atoms with Crippen LogP contribution in [0.2, 0.25) is 5.02 Å². The van der Waals surface area contributed by atoms with E-state index < -0.39 is 0 Å². The number of carbonyl (C=O) groups excluding carboxylic acids is 1. The van der Waals surface area contributed by atoms with Crippen LogP contribution in [0, 0.1) is 6.92 Å². The van der Waals surface area contributed by atoms with E-state index in [4.69, 9.17) is 16.3 Å². The van der Waals surface area contributed by atoms with Gasteiger partial charge in [0.2, 0.25) is 0 Å². The number of halogens is 1. The molecule has 1 saturated heterocycles. The molecule has 3 rings (SSSR count). The molecule has 1 aromatic heterocycles. The molecule has 0 atom stereocenters. The highest BCUT2D eigenvalue weighted by molar-refractivity contribution is 6.31. The van der Waals surface area contributed by atoms with Crippen molar-refractivity contribution in [3.05, 3.63) is 52.8 Å². The van der Waals surface area contributed by atoms with Crippen molar-refractivity contribution >= 4 is 17.6 Å². The molecular weight excluding hydrogens is 364 g/mol. The zero-order chi connectivity index (χ0) is 19.6. The molecule has 0 radical (unpaired) electrons. The van der Waals surface area contributed by atoms with Gasteiger partial charge in [-0.25, -0.2) is 14.8 Å². The van der Waals surface area contributed by atoms with Crippen LogP contribution in [0.4, 0.5) is 4.79 Å². The number of rotatable bonds is 4. The van der Waals surface area contributed by atoms with Crippen molar-refractivity contribution in [2.24, 2.45) is 0 Å². The zero-order valence-electron chi connectivity index (χ0n) is 16.1. The topological polar surface area (TPSA) is 67.4 Å². The van der Waals surface area contributed by atoms with E-state index in [0.717, 1.165) is 24.0 Å². The van der Waals surface area contributed by atoms with Gasteiger partial charge in [-0.3, -0.25) is 0 Å². The van der Waals surface area contributed by atoms with E-state index in [2.05, 4.69) is 15.3 Å². The maximum atomic E-state index is 12.3. The molecule has 1 aromatic carbocycles. The molecule has 1 aliphatic heterocycles. The Kier molecular flexibility index (Phi) is 8.33. The molecule has 0 bridgehead atoms. The standard InChI is InChI=1S/C18H21ClN4O2.C2H6/c1-13-3-4-14(16(19)11-13)12-22-18(24)23-9-5-15(6-10-23)25-17-20-7-2-8-21-17;1-2/h2-4,7-8,11,15H,5-6,9-10,12H2,1H3,(H,22,24);1-2H3. The number of amides is 2. The van der Waals surface area contributed by atoms with Crippen LogP contribution in [0.15, 0.2) is 36.7 Å². The first-order valence-corrected chi connectivity index (χ1v) is 9.71. The predicted octanol–water partition coefficient (Wildman–Crippen LogP) is 4.22. The lowest BCUT2D eigenvalue weighted by Crippen LogP contribution is -2.46. The lowest BCUT2D eigenvalue weighted by molar-refractivity contribution is 0.103. The van der Waals surface area contributed by atoms with Gasteiger partial charge in [-0.1, -0.05) is 37.6 Å². The molecule has 1 fully saturated rings. The van der Waals surface area contributed by atoms with E-state index in [1.54, 1.807) is 23.4 Å². The number of ether oxygens (including phenoxy) is 1. The minimum absolute atomic E-state index is 0.0398. The largest absolute Gasteiger partial charge is 0.460 e. The molecule has 0 aliphatic carbocycles. The molecule has 0 saturated carbocycles. The van der Waals surface area contributed by atoms with Gasteiger partial charge in [0, 0.05) is 49.9 Å². The summed E-state index contributed by atoms with van der Waals surface area (Å²) in [6.07, 6.45) is 4.87. The third-order valence-corrected chi connectivity index (χ3v) is 4.53. The number of aryl methyl sites for hydroxylation is 1. The second-order valence-corrected chi connectivity index (χ2v) is 6.50. The van der Waals surface area contributed by atoms with Crippen LogP contribution in [0.1, 0.15) is 37.8 Å². The molecule has 1 aliphatic rings. The third kappa shape index (κ3) is 6.40. The van der Waals surface area contributed by atoms with Crippen LogP contribution in [-0.4, -0.2) is 40.1 Å². The van der Waals surface area contributed by atoms with Gasteiger partial charge in [-0.05, 0) is 30.2 Å². The van der Waals surface area contributed by atoms with Gasteiger partial charge in [0.25, 0.3) is 0 Å². The van der Waals surface area contributed by atoms with Gasteiger partial charge in [0.05, 0.1) is 0 Å². The molecule has 7 heteroatoms. The number of hydrogen-bond donors (Lipinski definition) is 1. The van der Waals surface area contributed by atoms with Crippen LogP contribution >= 0.6 is 11.6 Å². The highest BCUT2D eigenvalue weighted by atomic mass is 35.5. The lowest BCUT2D eigenvalue weighted by atomic mass is 10.1. The van der Waals surface area contributed by atoms with E-state index >= 15 is 0 Å². The van der Waals surface area contributed by atoms with E-state index in [9.17, 15) is 4.79 Å². The first-order valence-electron chi connectivity index (χ1n) is 9.33. The number of nitrogens with zero attached hydrogens (tertiary/aromatic N) is 3. The minimum Gasteiger partial charge on any atom is -0.460 e. The summed E-state index contributed by atoms with van der Waals surface area (Å²) >= 11 is 6.20.